The summed E-state index contributed by atoms with van der Waals surface area (Å²) < 4.78 is 29.9. The van der Waals surface area contributed by atoms with Crippen molar-refractivity contribution in [1.82, 2.24) is 5.32 Å². The van der Waals surface area contributed by atoms with Crippen LogP contribution in [0.1, 0.15) is 90.2 Å². The summed E-state index contributed by atoms with van der Waals surface area (Å²) in [6.45, 7) is 16.4. The van der Waals surface area contributed by atoms with Crippen LogP contribution in [0.4, 0.5) is 0 Å². The molecule has 6 rings (SSSR count). The molecule has 16 nitrogen and oxygen atoms in total. The van der Waals surface area contributed by atoms with E-state index in [2.05, 4.69) is 17.0 Å². The molecule has 17 heteroatoms. The van der Waals surface area contributed by atoms with E-state index in [0.717, 1.165) is 13.8 Å². The second-order valence-corrected chi connectivity index (χ2v) is 16.0. The number of ether oxygens (including phenoxy) is 5. The third-order valence-electron chi connectivity index (χ3n) is 12.4. The molecule has 1 radical (unpaired) electrons. The Kier molecular flexibility index (Phi) is 17.7. The number of hydrogen-bond acceptors (Lipinski definition) is 15. The summed E-state index contributed by atoms with van der Waals surface area (Å²) >= 11 is 0. The van der Waals surface area contributed by atoms with Crippen molar-refractivity contribution in [3.05, 3.63) is 82.9 Å². The maximum atomic E-state index is 15.3. The first-order chi connectivity index (χ1) is 28.8. The van der Waals surface area contributed by atoms with Gasteiger partial charge in [-0.1, -0.05) is 76.2 Å². The summed E-state index contributed by atoms with van der Waals surface area (Å²) in [7, 11) is 1.53. The molecule has 1 saturated heterocycles. The van der Waals surface area contributed by atoms with Crippen molar-refractivity contribution in [2.75, 3.05) is 13.7 Å². The van der Waals surface area contributed by atoms with Gasteiger partial charge in [0.15, 0.2) is 23.6 Å². The summed E-state index contributed by atoms with van der Waals surface area (Å²) in [6, 6.07) is 14.6. The van der Waals surface area contributed by atoms with Gasteiger partial charge in [0.05, 0.1) is 35.6 Å². The molecule has 1 heterocycles. The number of aliphatic hydroxyl groups is 3. The zero-order valence-corrected chi connectivity index (χ0v) is 39.3. The third kappa shape index (κ3) is 9.37. The fraction of sp³-hybridized carbons (Fsp3) is 0.533. The fourth-order valence-electron chi connectivity index (χ4n) is 9.43. The van der Waals surface area contributed by atoms with Crippen LogP contribution in [0.15, 0.2) is 76.8 Å². The minimum Gasteiger partial charge on any atom is -0.521 e. The number of ketones is 1. The van der Waals surface area contributed by atoms with Crippen molar-refractivity contribution >= 4 is 42.8 Å². The first kappa shape index (κ1) is 52.2. The van der Waals surface area contributed by atoms with Gasteiger partial charge in [-0.15, -0.1) is 0 Å². The quantitative estimate of drug-likeness (QED) is 0.0670. The van der Waals surface area contributed by atoms with Crippen LogP contribution >= 0.6 is 0 Å². The van der Waals surface area contributed by atoms with Crippen LogP contribution < -0.4 is 5.32 Å². The number of esters is 4. The zero-order valence-electron chi connectivity index (χ0n) is 36.4. The summed E-state index contributed by atoms with van der Waals surface area (Å²) in [5.41, 5.74) is -7.22. The fourth-order valence-corrected chi connectivity index (χ4v) is 9.43. The van der Waals surface area contributed by atoms with Gasteiger partial charge in [-0.25, -0.2) is 9.59 Å². The molecular formula is C45H56N2O14Y-2. The van der Waals surface area contributed by atoms with E-state index in [4.69, 9.17) is 23.7 Å². The van der Waals surface area contributed by atoms with Crippen molar-refractivity contribution in [2.45, 2.75) is 122 Å². The molecule has 1 aliphatic heterocycles. The molecule has 335 valence electrons. The topological polar surface area (TPSA) is 234 Å². The van der Waals surface area contributed by atoms with Crippen molar-refractivity contribution in [3.8, 4) is 0 Å². The molecule has 4 N–H and O–H groups in total. The number of rotatable bonds is 10. The minimum atomic E-state index is -2.37. The first-order valence-electron chi connectivity index (χ1n) is 20.0. The Bertz CT molecular complexity index is 2000. The van der Waals surface area contributed by atoms with E-state index in [1.807, 2.05) is 13.8 Å². The number of fused-ring (bicyclic) bond motifs is 5. The number of Topliss-reactive ketones (excluding diaryl/α,β-unsaturated/α-hetero) is 1. The molecule has 0 aromatic heterocycles. The Labute approximate surface area is 387 Å². The number of nitrogens with zero attached hydrogens (tertiary/aromatic N) is 1. The van der Waals surface area contributed by atoms with Gasteiger partial charge in [-0.05, 0) is 49.7 Å². The number of hydrogen-bond donors (Lipinski definition) is 4. The normalized spacial score (nSPS) is 31.1. The number of aliphatic hydroxyl groups excluding tert-OH is 2. The van der Waals surface area contributed by atoms with E-state index in [9.17, 15) is 39.3 Å². The van der Waals surface area contributed by atoms with Crippen molar-refractivity contribution < 1.29 is 100 Å². The largest absolute Gasteiger partial charge is 0.521 e. The summed E-state index contributed by atoms with van der Waals surface area (Å²) in [4.78, 5) is 83.5. The number of benzene rings is 2. The molecule has 0 spiro atoms. The first-order valence-corrected chi connectivity index (χ1v) is 20.0. The molecule has 11 atom stereocenters. The van der Waals surface area contributed by atoms with Gasteiger partial charge >= 0.3 is 23.9 Å². The van der Waals surface area contributed by atoms with Gasteiger partial charge in [0.25, 0.3) is 0 Å². The van der Waals surface area contributed by atoms with E-state index in [-0.39, 0.29) is 62.4 Å². The molecular weight excluding hydrogens is 881 g/mol. The predicted octanol–water partition coefficient (Wildman–Crippen LogP) is 3.18. The molecule has 4 aliphatic rings. The molecule has 1 amide bonds. The van der Waals surface area contributed by atoms with Crippen molar-refractivity contribution in [2.24, 2.45) is 21.7 Å². The molecule has 2 aromatic carbocycles. The third-order valence-corrected chi connectivity index (χ3v) is 12.4. The molecule has 62 heavy (non-hydrogen) atoms. The van der Waals surface area contributed by atoms with Crippen LogP contribution in [-0.4, -0.2) is 120 Å². The Hall–Kier alpha value is -4.19. The van der Waals surface area contributed by atoms with Gasteiger partial charge < -0.3 is 60.8 Å². The van der Waals surface area contributed by atoms with Gasteiger partial charge in [0.1, 0.15) is 23.9 Å². The molecule has 2 aromatic rings. The number of amides is 1. The van der Waals surface area contributed by atoms with Crippen LogP contribution in [0.2, 0.25) is 0 Å². The smallest absolute Gasteiger partial charge is 0.338 e. The van der Waals surface area contributed by atoms with Gasteiger partial charge in [-0.3, -0.25) is 14.4 Å². The number of nitrogens with one attached hydrogen (secondary N) is 1. The molecule has 3 aliphatic carbocycles. The zero-order chi connectivity index (χ0) is 45.7. The maximum absolute atomic E-state index is 15.3. The van der Waals surface area contributed by atoms with Crippen molar-refractivity contribution in [1.29, 1.82) is 0 Å². The molecule has 2 saturated carbocycles. The second-order valence-electron chi connectivity index (χ2n) is 16.0. The summed E-state index contributed by atoms with van der Waals surface area (Å²) in [5, 5.41) is 39.1. The van der Waals surface area contributed by atoms with E-state index in [1.165, 1.54) is 39.4 Å². The Morgan fingerprint density at radius 3 is 2.03 bits per heavy atom. The monoisotopic (exact) mass is 937 g/mol. The van der Waals surface area contributed by atoms with Crippen LogP contribution in [0.3, 0.4) is 0 Å². The van der Waals surface area contributed by atoms with Gasteiger partial charge in [-0.2, -0.15) is 6.41 Å². The SMILES string of the molecule is CC.CC(=O)O[C@H]1C(=O)[C@@]2(C)[C@H]([C@H](OC(=O)c3ccccc3)[C@]3(O)C[C@H](OC(=O)[C@H](O)[C@@H](N[C-]=O)c4ccccc4)C(C)=C1C3(C)C)[C@]1(OC(C)=O)CO[C@@H]1C[C@@H]2O.[CH-]=NC.[Y]. The van der Waals surface area contributed by atoms with E-state index >= 15 is 4.79 Å². The van der Waals surface area contributed by atoms with E-state index in [0.29, 0.717) is 5.56 Å². The Morgan fingerprint density at radius 1 is 0.968 bits per heavy atom. The molecule has 0 unspecified atom stereocenters. The van der Waals surface area contributed by atoms with Crippen molar-refractivity contribution in [3.63, 3.8) is 0 Å². The molecule has 3 fully saturated rings. The van der Waals surface area contributed by atoms with Crippen LogP contribution in [0.5, 0.6) is 0 Å². The average Bonchev–Trinajstić information content (AvgIpc) is 3.22. The summed E-state index contributed by atoms with van der Waals surface area (Å²) in [6.07, 6.45) is -8.89. The van der Waals surface area contributed by atoms with E-state index < -0.39 is 107 Å². The van der Waals surface area contributed by atoms with Gasteiger partial charge in [0.2, 0.25) is 0 Å². The number of aliphatic imine (C=N–C) groups is 1. The van der Waals surface area contributed by atoms with Crippen LogP contribution in [0, 0.1) is 16.7 Å². The maximum Gasteiger partial charge on any atom is 0.338 e. The minimum absolute atomic E-state index is 0. The second kappa shape index (κ2) is 21.0. The number of carbonyl (C=O) groups is 5. The van der Waals surface area contributed by atoms with Gasteiger partial charge in [0, 0.05) is 64.8 Å². The standard InChI is InChI=1S/C41H46NO14.C2H4N.C2H6.Y/c1-21-26(54-37(50)31(47)30(42-20-43)24-13-9-7-10-14-24)18-41(51)35(55-36(49)25-15-11-8-12-16-25)33-39(6,27(46)17-28-40(33,19-52-28)56-23(3)45)34(48)32(53-22(2)44)29(21)38(41,4)5;1-3-2;1-2;/h7-16,26-28,30-33,35,46-47,51H,17-19H2,1-6H3,(H,42,43);1H,2H3;1-2H3;/q2*-1;;/t26-,27-,28+,30-,31+,32+,33-,35-,39+,40-,41+;;;/m0.../s1. The Balaban J connectivity index is 0.00000163. The van der Waals surface area contributed by atoms with Crippen LogP contribution in [0.25, 0.3) is 0 Å². The number of carbonyl (C=O) groups excluding carboxylic acids is 6. The predicted molar refractivity (Wildman–Crippen MR) is 218 cm³/mol. The average molecular weight is 938 g/mol. The van der Waals surface area contributed by atoms with Crippen LogP contribution in [-0.2, 0) is 80.4 Å². The van der Waals surface area contributed by atoms with E-state index in [1.54, 1.807) is 62.4 Å². The summed E-state index contributed by atoms with van der Waals surface area (Å²) in [5.74, 6) is -6.23. The Morgan fingerprint density at radius 2 is 1.53 bits per heavy atom. The molecule has 2 bridgehead atoms.